The molecule has 0 radical (unpaired) electrons. The molecule has 2 amide bonds. The van der Waals surface area contributed by atoms with Gasteiger partial charge in [-0.3, -0.25) is 0 Å². The Morgan fingerprint density at radius 2 is 1.96 bits per heavy atom. The quantitative estimate of drug-likeness (QED) is 0.811. The molecule has 7 heteroatoms. The highest BCUT2D eigenvalue weighted by atomic mass is 16.6. The van der Waals surface area contributed by atoms with Gasteiger partial charge in [-0.2, -0.15) is 0 Å². The number of amides is 2. The third-order valence-corrected chi connectivity index (χ3v) is 3.75. The minimum Gasteiger partial charge on any atom is -0.486 e. The first kappa shape index (κ1) is 16.9. The Balaban J connectivity index is 2.01. The number of urea groups is 1. The minimum absolute atomic E-state index is 0.0338. The molecular weight excluding hydrogens is 300 g/mol. The lowest BCUT2D eigenvalue weighted by atomic mass is 9.99. The highest BCUT2D eigenvalue weighted by molar-refractivity contribution is 5.92. The summed E-state index contributed by atoms with van der Waals surface area (Å²) in [6.45, 7) is 4.81. The highest BCUT2D eigenvalue weighted by Crippen LogP contribution is 2.32. The van der Waals surface area contributed by atoms with Gasteiger partial charge in [-0.15, -0.1) is 0 Å². The van der Waals surface area contributed by atoms with Crippen LogP contribution in [0.2, 0.25) is 0 Å². The summed E-state index contributed by atoms with van der Waals surface area (Å²) in [7, 11) is 1.30. The van der Waals surface area contributed by atoms with Crippen LogP contribution < -0.4 is 20.1 Å². The van der Waals surface area contributed by atoms with Gasteiger partial charge in [-0.25, -0.2) is 9.59 Å². The zero-order valence-corrected chi connectivity index (χ0v) is 13.5. The second kappa shape index (κ2) is 7.71. The van der Waals surface area contributed by atoms with Crippen LogP contribution in [-0.2, 0) is 9.53 Å². The molecule has 2 rings (SSSR count). The maximum absolute atomic E-state index is 12.1. The van der Waals surface area contributed by atoms with Crippen molar-refractivity contribution in [1.29, 1.82) is 0 Å². The third kappa shape index (κ3) is 4.28. The van der Waals surface area contributed by atoms with Crippen molar-refractivity contribution >= 4 is 17.7 Å². The van der Waals surface area contributed by atoms with Crippen molar-refractivity contribution < 1.29 is 23.8 Å². The Morgan fingerprint density at radius 3 is 2.61 bits per heavy atom. The van der Waals surface area contributed by atoms with E-state index in [1.54, 1.807) is 18.2 Å². The normalized spacial score (nSPS) is 15.3. The number of esters is 1. The fourth-order valence-electron chi connectivity index (χ4n) is 2.23. The van der Waals surface area contributed by atoms with Crippen LogP contribution in [0.3, 0.4) is 0 Å². The standard InChI is InChI=1S/C16H22N2O5/c1-4-10(2)14(15(19)21-3)18-16(20)17-11-5-6-12-13(9-11)23-8-7-22-12/h5-6,9-10,14H,4,7-8H2,1-3H3,(H2,17,18,20)/t10?,14-/m0/s1. The van der Waals surface area contributed by atoms with E-state index in [0.717, 1.165) is 6.42 Å². The lowest BCUT2D eigenvalue weighted by Gasteiger charge is -2.22. The average Bonchev–Trinajstić information content (AvgIpc) is 2.58. The fraction of sp³-hybridized carbons (Fsp3) is 0.500. The molecule has 1 aliphatic rings. The van der Waals surface area contributed by atoms with Crippen molar-refractivity contribution in [2.45, 2.75) is 26.3 Å². The van der Waals surface area contributed by atoms with E-state index in [1.807, 2.05) is 13.8 Å². The van der Waals surface area contributed by atoms with Crippen LogP contribution in [-0.4, -0.2) is 38.4 Å². The van der Waals surface area contributed by atoms with E-state index in [2.05, 4.69) is 10.6 Å². The van der Waals surface area contributed by atoms with Gasteiger partial charge < -0.3 is 24.8 Å². The van der Waals surface area contributed by atoms with Gasteiger partial charge in [0, 0.05) is 11.8 Å². The van der Waals surface area contributed by atoms with Crippen LogP contribution >= 0.6 is 0 Å². The second-order valence-corrected chi connectivity index (χ2v) is 5.34. The van der Waals surface area contributed by atoms with E-state index >= 15 is 0 Å². The summed E-state index contributed by atoms with van der Waals surface area (Å²) in [5.41, 5.74) is 0.555. The minimum atomic E-state index is -0.692. The van der Waals surface area contributed by atoms with E-state index in [9.17, 15) is 9.59 Å². The number of carbonyl (C=O) groups is 2. The van der Waals surface area contributed by atoms with Crippen molar-refractivity contribution in [2.75, 3.05) is 25.6 Å². The molecule has 1 aliphatic heterocycles. The Morgan fingerprint density at radius 1 is 1.26 bits per heavy atom. The molecule has 2 N–H and O–H groups in total. The maximum Gasteiger partial charge on any atom is 0.328 e. The molecule has 0 aromatic heterocycles. The number of methoxy groups -OCH3 is 1. The molecule has 23 heavy (non-hydrogen) atoms. The number of carbonyl (C=O) groups excluding carboxylic acids is 2. The van der Waals surface area contributed by atoms with Crippen LogP contribution in [0.4, 0.5) is 10.5 Å². The molecule has 1 heterocycles. The Hall–Kier alpha value is -2.44. The van der Waals surface area contributed by atoms with Crippen molar-refractivity contribution in [1.82, 2.24) is 5.32 Å². The topological polar surface area (TPSA) is 85.9 Å². The van der Waals surface area contributed by atoms with Gasteiger partial charge in [0.25, 0.3) is 0 Å². The van der Waals surface area contributed by atoms with Crippen LogP contribution in [0.1, 0.15) is 20.3 Å². The molecule has 0 fully saturated rings. The number of fused-ring (bicyclic) bond motifs is 1. The predicted octanol–water partition coefficient (Wildman–Crippen LogP) is 2.17. The number of ether oxygens (including phenoxy) is 3. The molecule has 0 aliphatic carbocycles. The van der Waals surface area contributed by atoms with Crippen LogP contribution in [0.25, 0.3) is 0 Å². The summed E-state index contributed by atoms with van der Waals surface area (Å²) in [4.78, 5) is 23.9. The zero-order chi connectivity index (χ0) is 16.8. The van der Waals surface area contributed by atoms with Crippen LogP contribution in [0, 0.1) is 5.92 Å². The predicted molar refractivity (Wildman–Crippen MR) is 84.8 cm³/mol. The van der Waals surface area contributed by atoms with E-state index in [0.29, 0.717) is 30.4 Å². The Labute approximate surface area is 135 Å². The van der Waals surface area contributed by atoms with Crippen molar-refractivity contribution in [3.8, 4) is 11.5 Å². The van der Waals surface area contributed by atoms with E-state index in [-0.39, 0.29) is 5.92 Å². The smallest absolute Gasteiger partial charge is 0.328 e. The monoisotopic (exact) mass is 322 g/mol. The number of rotatable bonds is 5. The van der Waals surface area contributed by atoms with Gasteiger partial charge in [0.1, 0.15) is 19.3 Å². The maximum atomic E-state index is 12.1. The largest absolute Gasteiger partial charge is 0.486 e. The molecule has 2 atom stereocenters. The molecule has 0 spiro atoms. The molecule has 0 saturated heterocycles. The molecule has 126 valence electrons. The van der Waals surface area contributed by atoms with Gasteiger partial charge in [0.2, 0.25) is 0 Å². The van der Waals surface area contributed by atoms with Crippen molar-refractivity contribution in [3.63, 3.8) is 0 Å². The third-order valence-electron chi connectivity index (χ3n) is 3.75. The summed E-state index contributed by atoms with van der Waals surface area (Å²) >= 11 is 0. The molecule has 1 unspecified atom stereocenters. The molecule has 1 aromatic rings. The highest BCUT2D eigenvalue weighted by Gasteiger charge is 2.26. The van der Waals surface area contributed by atoms with E-state index < -0.39 is 18.0 Å². The van der Waals surface area contributed by atoms with E-state index in [4.69, 9.17) is 14.2 Å². The lowest BCUT2D eigenvalue weighted by molar-refractivity contribution is -0.144. The SMILES string of the molecule is CCC(C)[C@H](NC(=O)Nc1ccc2c(c1)OCCO2)C(=O)OC. The molecular formula is C16H22N2O5. The molecule has 7 nitrogen and oxygen atoms in total. The number of nitrogens with one attached hydrogen (secondary N) is 2. The molecule has 0 bridgehead atoms. The zero-order valence-electron chi connectivity index (χ0n) is 13.5. The first-order valence-electron chi connectivity index (χ1n) is 7.60. The fourth-order valence-corrected chi connectivity index (χ4v) is 2.23. The lowest BCUT2D eigenvalue weighted by Crippen LogP contribution is -2.47. The number of benzene rings is 1. The van der Waals surface area contributed by atoms with Crippen molar-refractivity contribution in [3.05, 3.63) is 18.2 Å². The van der Waals surface area contributed by atoms with Gasteiger partial charge in [0.05, 0.1) is 7.11 Å². The Bertz CT molecular complexity index is 576. The average molecular weight is 322 g/mol. The van der Waals surface area contributed by atoms with Gasteiger partial charge in [0.15, 0.2) is 11.5 Å². The second-order valence-electron chi connectivity index (χ2n) is 5.34. The summed E-state index contributed by atoms with van der Waals surface area (Å²) in [5.74, 6) is 0.736. The van der Waals surface area contributed by atoms with Crippen LogP contribution in [0.15, 0.2) is 18.2 Å². The van der Waals surface area contributed by atoms with Gasteiger partial charge in [-0.05, 0) is 18.1 Å². The number of hydrogen-bond acceptors (Lipinski definition) is 5. The van der Waals surface area contributed by atoms with Crippen LogP contribution in [0.5, 0.6) is 11.5 Å². The van der Waals surface area contributed by atoms with Crippen molar-refractivity contribution in [2.24, 2.45) is 5.92 Å². The summed E-state index contributed by atoms with van der Waals surface area (Å²) in [5, 5.41) is 5.34. The number of anilines is 1. The molecule has 1 aromatic carbocycles. The summed E-state index contributed by atoms with van der Waals surface area (Å²) in [6.07, 6.45) is 0.740. The first-order valence-corrected chi connectivity index (χ1v) is 7.60. The summed E-state index contributed by atoms with van der Waals surface area (Å²) < 4.78 is 15.6. The van der Waals surface area contributed by atoms with Gasteiger partial charge in [-0.1, -0.05) is 20.3 Å². The first-order chi connectivity index (χ1) is 11.0. The Kier molecular flexibility index (Phi) is 5.67. The summed E-state index contributed by atoms with van der Waals surface area (Å²) in [6, 6.07) is 3.96. The van der Waals surface area contributed by atoms with E-state index in [1.165, 1.54) is 7.11 Å². The molecule has 0 saturated carbocycles. The van der Waals surface area contributed by atoms with Gasteiger partial charge >= 0.3 is 12.0 Å². The number of hydrogen-bond donors (Lipinski definition) is 2.